The monoisotopic (exact) mass is 767 g/mol. The first-order chi connectivity index (χ1) is 28.4. The number of hydrogen-bond acceptors (Lipinski definition) is 4. The quantitative estimate of drug-likeness (QED) is 0.189. The minimum atomic E-state index is -0.151. The lowest BCUT2D eigenvalue weighted by Gasteiger charge is -2.23. The number of benzene rings is 7. The first-order valence-corrected chi connectivity index (χ1v) is 20.3. The summed E-state index contributed by atoms with van der Waals surface area (Å²) >= 11 is 0. The minimum absolute atomic E-state index is 0.0546. The van der Waals surface area contributed by atoms with Gasteiger partial charge in [0.1, 0.15) is 22.7 Å². The molecule has 7 aromatic carbocycles. The van der Waals surface area contributed by atoms with Crippen molar-refractivity contribution >= 4 is 43.7 Å². The molecule has 10 rings (SSSR count). The maximum absolute atomic E-state index is 11.4. The van der Waals surface area contributed by atoms with Gasteiger partial charge in [0, 0.05) is 39.7 Å². The van der Waals surface area contributed by atoms with E-state index in [1.54, 1.807) is 6.07 Å². The molecular weight excluding hydrogens is 723 g/mol. The van der Waals surface area contributed by atoms with E-state index in [9.17, 15) is 5.11 Å². The van der Waals surface area contributed by atoms with Crippen LogP contribution in [-0.4, -0.2) is 19.6 Å². The molecule has 3 aromatic heterocycles. The van der Waals surface area contributed by atoms with Crippen LogP contribution in [0.1, 0.15) is 52.7 Å². The van der Waals surface area contributed by atoms with Gasteiger partial charge in [-0.15, -0.1) is 0 Å². The number of phenols is 1. The van der Waals surface area contributed by atoms with Crippen molar-refractivity contribution in [3.8, 4) is 56.3 Å². The molecule has 0 fully saturated rings. The zero-order chi connectivity index (χ0) is 40.6. The Morgan fingerprint density at radius 2 is 1.20 bits per heavy atom. The Labute approximate surface area is 344 Å². The summed E-state index contributed by atoms with van der Waals surface area (Å²) in [5.41, 5.74) is 13.4. The summed E-state index contributed by atoms with van der Waals surface area (Å²) in [5, 5.41) is 15.8. The van der Waals surface area contributed by atoms with Crippen molar-refractivity contribution in [1.29, 1.82) is 0 Å². The van der Waals surface area contributed by atoms with E-state index in [-0.39, 0.29) is 16.6 Å². The molecule has 0 amide bonds. The molecule has 5 heteroatoms. The second kappa shape index (κ2) is 13.6. The predicted molar refractivity (Wildman–Crippen MR) is 244 cm³/mol. The average Bonchev–Trinajstić information content (AvgIpc) is 3.80. The highest BCUT2D eigenvalue weighted by Gasteiger charge is 2.25. The Morgan fingerprint density at radius 1 is 0.525 bits per heavy atom. The van der Waals surface area contributed by atoms with Crippen molar-refractivity contribution in [3.05, 3.63) is 169 Å². The van der Waals surface area contributed by atoms with Gasteiger partial charge >= 0.3 is 0 Å². The topological polar surface area (TPSA) is 64.1 Å². The average molecular weight is 768 g/mol. The van der Waals surface area contributed by atoms with Gasteiger partial charge in [0.25, 0.3) is 0 Å². The fourth-order valence-electron chi connectivity index (χ4n) is 8.34. The highest BCUT2D eigenvalue weighted by atomic mass is 16.3. The molecule has 288 valence electrons. The molecule has 0 saturated heterocycles. The fraction of sp³-hybridized carbons (Fsp3) is 0.148. The zero-order valence-electron chi connectivity index (χ0n) is 34.2. The molecule has 59 heavy (non-hydrogen) atoms. The van der Waals surface area contributed by atoms with Gasteiger partial charge in [0.05, 0.1) is 28.0 Å². The van der Waals surface area contributed by atoms with Crippen LogP contribution in [0.15, 0.2) is 162 Å². The largest absolute Gasteiger partial charge is 0.507 e. The molecule has 3 heterocycles. The number of para-hydroxylation sites is 2. The molecule has 10 aromatic rings. The molecule has 0 spiro atoms. The molecule has 0 bridgehead atoms. The van der Waals surface area contributed by atoms with Crippen LogP contribution in [0.5, 0.6) is 5.75 Å². The van der Waals surface area contributed by atoms with Crippen molar-refractivity contribution in [2.24, 2.45) is 0 Å². The third-order valence-corrected chi connectivity index (χ3v) is 11.6. The number of nitrogens with zero attached hydrogens (tertiary/aromatic N) is 3. The summed E-state index contributed by atoms with van der Waals surface area (Å²) in [6, 6.07) is 52.7. The summed E-state index contributed by atoms with van der Waals surface area (Å²) in [7, 11) is 0. The van der Waals surface area contributed by atoms with Crippen LogP contribution in [0.2, 0.25) is 0 Å². The molecule has 0 atom stereocenters. The third kappa shape index (κ3) is 6.34. The summed E-state index contributed by atoms with van der Waals surface area (Å²) in [4.78, 5) is 10.5. The van der Waals surface area contributed by atoms with Crippen molar-refractivity contribution in [3.63, 3.8) is 0 Å². The third-order valence-electron chi connectivity index (χ3n) is 11.6. The molecule has 5 nitrogen and oxygen atoms in total. The number of rotatable bonds is 5. The van der Waals surface area contributed by atoms with E-state index in [4.69, 9.17) is 14.4 Å². The van der Waals surface area contributed by atoms with Gasteiger partial charge in [-0.05, 0) is 98.5 Å². The van der Waals surface area contributed by atoms with Gasteiger partial charge in [-0.25, -0.2) is 4.98 Å². The normalized spacial score (nSPS) is 12.3. The molecule has 0 aliphatic heterocycles. The highest BCUT2D eigenvalue weighted by molar-refractivity contribution is 6.10. The summed E-state index contributed by atoms with van der Waals surface area (Å²) in [6.07, 6.45) is 1.95. The van der Waals surface area contributed by atoms with Crippen LogP contribution in [-0.2, 0) is 10.8 Å². The van der Waals surface area contributed by atoms with E-state index in [0.717, 1.165) is 77.6 Å². The van der Waals surface area contributed by atoms with Gasteiger partial charge < -0.3 is 9.52 Å². The smallest absolute Gasteiger partial charge is 0.149 e. The molecule has 0 aliphatic carbocycles. The number of fused-ring (bicyclic) bond motifs is 5. The SMILES string of the molecule is CC(C)(C)c1cc(-c2cc3oc4cc5ccccc5cc4c3cn2)cc(-c2cccc3c2nc(-c2ccccc2O)n3-c2ccc(C(C)(C)C)cc2-c2ccccc2)c1. The van der Waals surface area contributed by atoms with E-state index in [1.807, 2.05) is 24.4 Å². The fourth-order valence-corrected chi connectivity index (χ4v) is 8.34. The van der Waals surface area contributed by atoms with Crippen molar-refractivity contribution in [1.82, 2.24) is 14.5 Å². The van der Waals surface area contributed by atoms with Gasteiger partial charge in [0.15, 0.2) is 0 Å². The Kier molecular flexibility index (Phi) is 8.36. The standard InChI is InChI=1S/C54H45N3O2/c1-53(2,3)38-23-24-46(42(30-38)33-15-8-7-9-16-33)57-47-21-14-20-40(51(47)56-52(57)41-19-12-13-22-48(41)58)36-25-37(27-39(26-36)54(4,5)6)45-31-50-44(32-55-45)43-28-34-17-10-11-18-35(34)29-49(43)59-50/h7-32,58H,1-6H3. The number of aromatic hydroxyl groups is 1. The molecule has 1 N–H and O–H groups in total. The van der Waals surface area contributed by atoms with E-state index in [2.05, 4.69) is 174 Å². The number of imidazole rings is 1. The number of aromatic nitrogens is 3. The lowest BCUT2D eigenvalue weighted by atomic mass is 9.83. The van der Waals surface area contributed by atoms with E-state index in [0.29, 0.717) is 11.4 Å². The zero-order valence-corrected chi connectivity index (χ0v) is 34.2. The molecule has 0 radical (unpaired) electrons. The van der Waals surface area contributed by atoms with E-state index < -0.39 is 0 Å². The molecule has 0 saturated carbocycles. The maximum atomic E-state index is 11.4. The van der Waals surface area contributed by atoms with E-state index in [1.165, 1.54) is 16.5 Å². The number of phenolic OH excluding ortho intramolecular Hbond substituents is 1. The van der Waals surface area contributed by atoms with Crippen LogP contribution in [0.4, 0.5) is 0 Å². The lowest BCUT2D eigenvalue weighted by molar-refractivity contribution is 0.477. The van der Waals surface area contributed by atoms with Gasteiger partial charge in [-0.2, -0.15) is 0 Å². The van der Waals surface area contributed by atoms with Gasteiger partial charge in [-0.1, -0.05) is 133 Å². The second-order valence-electron chi connectivity index (χ2n) is 17.7. The van der Waals surface area contributed by atoms with Crippen molar-refractivity contribution in [2.75, 3.05) is 0 Å². The Hall–Kier alpha value is -6.98. The first kappa shape index (κ1) is 36.4. The van der Waals surface area contributed by atoms with Crippen LogP contribution < -0.4 is 0 Å². The number of furan rings is 1. The van der Waals surface area contributed by atoms with Crippen LogP contribution in [0.25, 0.3) is 94.3 Å². The van der Waals surface area contributed by atoms with Crippen LogP contribution in [0.3, 0.4) is 0 Å². The molecule has 0 aliphatic rings. The lowest BCUT2D eigenvalue weighted by Crippen LogP contribution is -2.12. The molecule has 0 unspecified atom stereocenters. The van der Waals surface area contributed by atoms with Crippen LogP contribution >= 0.6 is 0 Å². The van der Waals surface area contributed by atoms with Gasteiger partial charge in [-0.3, -0.25) is 9.55 Å². The molecular formula is C54H45N3O2. The Balaban J connectivity index is 1.20. The van der Waals surface area contributed by atoms with E-state index >= 15 is 0 Å². The number of pyridine rings is 1. The Bertz CT molecular complexity index is 3250. The summed E-state index contributed by atoms with van der Waals surface area (Å²) in [6.45, 7) is 13.5. The minimum Gasteiger partial charge on any atom is -0.507 e. The highest BCUT2D eigenvalue weighted by Crippen LogP contribution is 2.43. The maximum Gasteiger partial charge on any atom is 0.149 e. The number of hydrogen-bond donors (Lipinski definition) is 1. The van der Waals surface area contributed by atoms with Crippen molar-refractivity contribution in [2.45, 2.75) is 52.4 Å². The predicted octanol–water partition coefficient (Wildman–Crippen LogP) is 14.4. The Morgan fingerprint density at radius 3 is 1.97 bits per heavy atom. The summed E-state index contributed by atoms with van der Waals surface area (Å²) in [5.74, 6) is 0.846. The first-order valence-electron chi connectivity index (χ1n) is 20.3. The summed E-state index contributed by atoms with van der Waals surface area (Å²) < 4.78 is 8.72. The van der Waals surface area contributed by atoms with Crippen LogP contribution in [0, 0.1) is 0 Å². The second-order valence-corrected chi connectivity index (χ2v) is 17.7. The van der Waals surface area contributed by atoms with Gasteiger partial charge in [0.2, 0.25) is 0 Å². The van der Waals surface area contributed by atoms with Crippen molar-refractivity contribution < 1.29 is 9.52 Å².